The molecule has 2 heterocycles. The van der Waals surface area contributed by atoms with Gasteiger partial charge in [-0.15, -0.1) is 5.10 Å². The van der Waals surface area contributed by atoms with E-state index in [9.17, 15) is 23.1 Å². The van der Waals surface area contributed by atoms with Gasteiger partial charge in [0.25, 0.3) is 5.91 Å². The van der Waals surface area contributed by atoms with Gasteiger partial charge in [0.05, 0.1) is 17.2 Å². The van der Waals surface area contributed by atoms with Gasteiger partial charge in [0.1, 0.15) is 5.52 Å². The Hall–Kier alpha value is -3.40. The number of benzene rings is 2. The third-order valence-corrected chi connectivity index (χ3v) is 4.77. The molecule has 0 spiro atoms. The van der Waals surface area contributed by atoms with Gasteiger partial charge in [0.15, 0.2) is 5.65 Å². The molecule has 0 radical (unpaired) electrons. The second kappa shape index (κ2) is 7.13. The lowest BCUT2D eigenvalue weighted by Crippen LogP contribution is -2.30. The standard InChI is InChI=1S/C20H18F3N5O2/c1-11(29)10-24-18(30)12-3-8-16-15(9-12)17-19(27(2)26-25-17)28(16)14-6-4-13(5-7-14)20(21,22)23/h3-9,11,29H,10H2,1-2H3,(H,24,30)/t11-/m1/s1. The number of fused-ring (bicyclic) bond motifs is 3. The lowest BCUT2D eigenvalue weighted by Gasteiger charge is -2.11. The lowest BCUT2D eigenvalue weighted by atomic mass is 10.1. The maximum Gasteiger partial charge on any atom is 0.416 e. The maximum absolute atomic E-state index is 12.9. The Morgan fingerprint density at radius 3 is 2.53 bits per heavy atom. The number of carbonyl (C=O) groups excluding carboxylic acids is 1. The molecule has 156 valence electrons. The van der Waals surface area contributed by atoms with E-state index >= 15 is 0 Å². The molecule has 4 rings (SSSR count). The number of alkyl halides is 3. The molecule has 10 heteroatoms. The summed E-state index contributed by atoms with van der Waals surface area (Å²) in [5, 5.41) is 20.8. The number of aryl methyl sites for hydroxylation is 1. The fourth-order valence-electron chi connectivity index (χ4n) is 3.36. The highest BCUT2D eigenvalue weighted by atomic mass is 19.4. The minimum Gasteiger partial charge on any atom is -0.392 e. The van der Waals surface area contributed by atoms with Gasteiger partial charge in [-0.1, -0.05) is 5.21 Å². The van der Waals surface area contributed by atoms with Crippen molar-refractivity contribution in [3.05, 3.63) is 53.6 Å². The Labute approximate surface area is 168 Å². The van der Waals surface area contributed by atoms with Crippen LogP contribution in [-0.2, 0) is 13.2 Å². The highest BCUT2D eigenvalue weighted by Gasteiger charge is 2.30. The van der Waals surface area contributed by atoms with E-state index in [0.29, 0.717) is 33.3 Å². The van der Waals surface area contributed by atoms with Gasteiger partial charge in [0, 0.05) is 30.2 Å². The molecule has 4 aromatic rings. The number of aliphatic hydroxyl groups is 1. The Bertz CT molecular complexity index is 1240. The molecule has 7 nitrogen and oxygen atoms in total. The number of rotatable bonds is 4. The summed E-state index contributed by atoms with van der Waals surface area (Å²) in [5.74, 6) is -0.350. The van der Waals surface area contributed by atoms with Gasteiger partial charge < -0.3 is 10.4 Å². The van der Waals surface area contributed by atoms with Crippen molar-refractivity contribution in [2.45, 2.75) is 19.2 Å². The van der Waals surface area contributed by atoms with E-state index in [0.717, 1.165) is 12.1 Å². The van der Waals surface area contributed by atoms with Crippen LogP contribution in [0.15, 0.2) is 42.5 Å². The van der Waals surface area contributed by atoms with E-state index in [2.05, 4.69) is 15.6 Å². The van der Waals surface area contributed by atoms with Crippen LogP contribution in [0.2, 0.25) is 0 Å². The lowest BCUT2D eigenvalue weighted by molar-refractivity contribution is -0.137. The van der Waals surface area contributed by atoms with E-state index in [-0.39, 0.29) is 12.5 Å². The van der Waals surface area contributed by atoms with Crippen LogP contribution in [0.25, 0.3) is 27.8 Å². The smallest absolute Gasteiger partial charge is 0.392 e. The molecule has 30 heavy (non-hydrogen) atoms. The van der Waals surface area contributed by atoms with Crippen LogP contribution >= 0.6 is 0 Å². The first-order valence-electron chi connectivity index (χ1n) is 9.14. The van der Waals surface area contributed by atoms with Crippen LogP contribution in [0.5, 0.6) is 0 Å². The van der Waals surface area contributed by atoms with Crippen LogP contribution in [0.1, 0.15) is 22.8 Å². The quantitative estimate of drug-likeness (QED) is 0.535. The number of nitrogens with one attached hydrogen (secondary N) is 1. The summed E-state index contributed by atoms with van der Waals surface area (Å²) in [6.45, 7) is 1.68. The van der Waals surface area contributed by atoms with Crippen molar-refractivity contribution in [2.24, 2.45) is 7.05 Å². The molecule has 2 aromatic heterocycles. The molecule has 0 aliphatic rings. The van der Waals surface area contributed by atoms with Crippen LogP contribution in [0.4, 0.5) is 13.2 Å². The van der Waals surface area contributed by atoms with Gasteiger partial charge in [-0.3, -0.25) is 9.36 Å². The predicted octanol–water partition coefficient (Wildman–Crippen LogP) is 3.04. The normalized spacial score (nSPS) is 13.1. The number of halogens is 3. The minimum atomic E-state index is -4.42. The Balaban J connectivity index is 1.85. The largest absolute Gasteiger partial charge is 0.416 e. The Morgan fingerprint density at radius 2 is 1.90 bits per heavy atom. The summed E-state index contributed by atoms with van der Waals surface area (Å²) in [7, 11) is 1.69. The zero-order valence-corrected chi connectivity index (χ0v) is 16.1. The van der Waals surface area contributed by atoms with E-state index in [1.165, 1.54) is 16.8 Å². The fourth-order valence-corrected chi connectivity index (χ4v) is 3.36. The van der Waals surface area contributed by atoms with Gasteiger partial charge in [-0.05, 0) is 49.4 Å². The second-order valence-electron chi connectivity index (χ2n) is 7.06. The molecule has 0 fully saturated rings. The molecule has 2 N–H and O–H groups in total. The monoisotopic (exact) mass is 417 g/mol. The second-order valence-corrected chi connectivity index (χ2v) is 7.06. The van der Waals surface area contributed by atoms with Crippen molar-refractivity contribution in [2.75, 3.05) is 6.54 Å². The van der Waals surface area contributed by atoms with Crippen molar-refractivity contribution in [1.82, 2.24) is 24.9 Å². The van der Waals surface area contributed by atoms with E-state index in [4.69, 9.17) is 0 Å². The summed E-state index contributed by atoms with van der Waals surface area (Å²) >= 11 is 0. The SMILES string of the molecule is C[C@@H](O)CNC(=O)c1ccc2c(c1)c1nnn(C)c1n2-c1ccc(C(F)(F)F)cc1. The summed E-state index contributed by atoms with van der Waals surface area (Å²) in [6, 6.07) is 9.81. The number of hydrogen-bond acceptors (Lipinski definition) is 4. The Kier molecular flexibility index (Phi) is 4.73. The average molecular weight is 417 g/mol. The third-order valence-electron chi connectivity index (χ3n) is 4.77. The molecule has 0 saturated heterocycles. The Morgan fingerprint density at radius 1 is 1.20 bits per heavy atom. The number of aliphatic hydroxyl groups excluding tert-OH is 1. The first kappa shape index (κ1) is 19.9. The van der Waals surface area contributed by atoms with Gasteiger partial charge in [0.2, 0.25) is 0 Å². The molecular weight excluding hydrogens is 399 g/mol. The van der Waals surface area contributed by atoms with Crippen molar-refractivity contribution < 1.29 is 23.1 Å². The third kappa shape index (κ3) is 3.39. The summed E-state index contributed by atoms with van der Waals surface area (Å²) in [6.07, 6.45) is -5.10. The average Bonchev–Trinajstić information content (AvgIpc) is 3.23. The summed E-state index contributed by atoms with van der Waals surface area (Å²) in [4.78, 5) is 12.4. The highest BCUT2D eigenvalue weighted by Crippen LogP contribution is 2.33. The van der Waals surface area contributed by atoms with E-state index in [1.807, 2.05) is 0 Å². The first-order valence-corrected chi connectivity index (χ1v) is 9.14. The van der Waals surface area contributed by atoms with Crippen LogP contribution in [0.3, 0.4) is 0 Å². The number of nitrogens with zero attached hydrogens (tertiary/aromatic N) is 4. The predicted molar refractivity (Wildman–Crippen MR) is 104 cm³/mol. The molecule has 1 amide bonds. The molecule has 0 aliphatic heterocycles. The fraction of sp³-hybridized carbons (Fsp3) is 0.250. The maximum atomic E-state index is 12.9. The summed E-state index contributed by atoms with van der Waals surface area (Å²) in [5.41, 5.74) is 1.94. The van der Waals surface area contributed by atoms with Crippen molar-refractivity contribution >= 4 is 28.0 Å². The zero-order valence-electron chi connectivity index (χ0n) is 16.1. The van der Waals surface area contributed by atoms with Crippen molar-refractivity contribution in [3.63, 3.8) is 0 Å². The summed E-state index contributed by atoms with van der Waals surface area (Å²) < 4.78 is 42.1. The number of hydrogen-bond donors (Lipinski definition) is 2. The van der Waals surface area contributed by atoms with E-state index in [1.54, 1.807) is 36.7 Å². The van der Waals surface area contributed by atoms with Gasteiger partial charge in [-0.25, -0.2) is 4.68 Å². The molecule has 0 aliphatic carbocycles. The number of carbonyl (C=O) groups is 1. The molecular formula is C20H18F3N5O2. The molecule has 0 saturated carbocycles. The van der Waals surface area contributed by atoms with Gasteiger partial charge in [-0.2, -0.15) is 13.2 Å². The van der Waals surface area contributed by atoms with Crippen LogP contribution in [0, 0.1) is 0 Å². The first-order chi connectivity index (χ1) is 14.2. The molecule has 1 atom stereocenters. The molecule has 0 bridgehead atoms. The zero-order chi connectivity index (χ0) is 21.6. The van der Waals surface area contributed by atoms with Gasteiger partial charge >= 0.3 is 6.18 Å². The van der Waals surface area contributed by atoms with Crippen molar-refractivity contribution in [3.8, 4) is 5.69 Å². The molecule has 2 aromatic carbocycles. The number of aromatic nitrogens is 4. The topological polar surface area (TPSA) is 85.0 Å². The van der Waals surface area contributed by atoms with E-state index < -0.39 is 17.8 Å². The van der Waals surface area contributed by atoms with Crippen LogP contribution < -0.4 is 5.32 Å². The van der Waals surface area contributed by atoms with Crippen molar-refractivity contribution in [1.29, 1.82) is 0 Å². The number of amides is 1. The highest BCUT2D eigenvalue weighted by molar-refractivity contribution is 6.09. The molecule has 0 unspecified atom stereocenters. The minimum absolute atomic E-state index is 0.115. The van der Waals surface area contributed by atoms with Crippen LogP contribution in [-0.4, -0.2) is 43.2 Å².